The summed E-state index contributed by atoms with van der Waals surface area (Å²) in [6.45, 7) is -1.82. The lowest BCUT2D eigenvalue weighted by molar-refractivity contribution is -0.151. The van der Waals surface area contributed by atoms with Crippen molar-refractivity contribution in [2.75, 3.05) is 68.1 Å². The molecule has 6 amide bonds. The quantitative estimate of drug-likeness (QED) is 0.112. The summed E-state index contributed by atoms with van der Waals surface area (Å²) in [5, 5.41) is 35.4. The van der Waals surface area contributed by atoms with Gasteiger partial charge in [-0.1, -0.05) is 48.5 Å². The lowest BCUT2D eigenvalue weighted by atomic mass is 9.98. The third kappa shape index (κ3) is 11.0. The molecule has 0 spiro atoms. The molecule has 5 N–H and O–H groups in total. The molecule has 2 aromatic carbocycles. The molecule has 1 heterocycles. The van der Waals surface area contributed by atoms with Crippen molar-refractivity contribution in [3.05, 3.63) is 59.7 Å². The summed E-state index contributed by atoms with van der Waals surface area (Å²) in [7, 11) is 6.35. The first-order valence-corrected chi connectivity index (χ1v) is 18.1. The van der Waals surface area contributed by atoms with Crippen molar-refractivity contribution in [3.63, 3.8) is 0 Å². The maximum atomic E-state index is 13.1. The SMILES string of the molecule is COC(=O)CN(C)C(=O)CN(C)C(=O)CN(C)C(=O)CN(C)C(=O)[C@H]1OC(NC(=O)CC[C@H](NC(=O)OCC2c3ccccc3-c3ccccc32)C(=O)O)[C@H](O)[C@@H]1O. The highest BCUT2D eigenvalue weighted by Gasteiger charge is 2.48. The number of hydrogen-bond acceptors (Lipinski definition) is 13. The van der Waals surface area contributed by atoms with E-state index in [0.717, 1.165) is 41.9 Å². The Hall–Kier alpha value is -6.12. The Morgan fingerprint density at radius 3 is 1.76 bits per heavy atom. The number of likely N-dealkylation sites (N-methyl/N-ethyl adjacent to an activating group) is 4. The van der Waals surface area contributed by atoms with Gasteiger partial charge in [0.2, 0.25) is 23.6 Å². The molecule has 0 aromatic heterocycles. The van der Waals surface area contributed by atoms with Gasteiger partial charge in [0.1, 0.15) is 31.4 Å². The zero-order valence-corrected chi connectivity index (χ0v) is 32.7. The Labute approximate surface area is 333 Å². The molecule has 1 aliphatic carbocycles. The number of esters is 1. The van der Waals surface area contributed by atoms with Gasteiger partial charge < -0.3 is 59.8 Å². The molecule has 2 aromatic rings. The molecule has 1 aliphatic heterocycles. The van der Waals surface area contributed by atoms with Crippen LogP contribution in [0.15, 0.2) is 48.5 Å². The van der Waals surface area contributed by atoms with Gasteiger partial charge in [-0.25, -0.2) is 9.59 Å². The fourth-order valence-corrected chi connectivity index (χ4v) is 6.34. The number of ether oxygens (including phenoxy) is 3. The van der Waals surface area contributed by atoms with Crippen LogP contribution in [0.1, 0.15) is 29.9 Å². The van der Waals surface area contributed by atoms with E-state index in [4.69, 9.17) is 9.47 Å². The van der Waals surface area contributed by atoms with Gasteiger partial charge in [0.05, 0.1) is 26.7 Å². The maximum Gasteiger partial charge on any atom is 0.407 e. The molecule has 20 heteroatoms. The van der Waals surface area contributed by atoms with Crippen LogP contribution in [0.2, 0.25) is 0 Å². The number of carboxylic acids is 1. The number of rotatable bonds is 17. The van der Waals surface area contributed by atoms with E-state index in [0.29, 0.717) is 0 Å². The van der Waals surface area contributed by atoms with E-state index in [1.165, 1.54) is 35.3 Å². The average molecular weight is 813 g/mol. The number of alkyl carbamates (subject to hydrolysis) is 1. The lowest BCUT2D eigenvalue weighted by Gasteiger charge is -2.26. The third-order valence-electron chi connectivity index (χ3n) is 9.77. The highest BCUT2D eigenvalue weighted by Crippen LogP contribution is 2.44. The topological polar surface area (TPSA) is 262 Å². The van der Waals surface area contributed by atoms with Crippen molar-refractivity contribution in [1.82, 2.24) is 30.2 Å². The van der Waals surface area contributed by atoms with E-state index in [-0.39, 0.29) is 25.6 Å². The zero-order valence-electron chi connectivity index (χ0n) is 32.7. The molecular formula is C38H48N6O14. The second kappa shape index (κ2) is 19.8. The second-order valence-electron chi connectivity index (χ2n) is 13.9. The Balaban J connectivity index is 1.21. The van der Waals surface area contributed by atoms with Gasteiger partial charge in [-0.05, 0) is 28.7 Å². The Bertz CT molecular complexity index is 1850. The molecule has 2 aliphatic rings. The van der Waals surface area contributed by atoms with Crippen LogP contribution in [-0.4, -0.2) is 181 Å². The van der Waals surface area contributed by atoms with Crippen LogP contribution in [0.3, 0.4) is 0 Å². The number of fused-ring (bicyclic) bond motifs is 3. The Morgan fingerprint density at radius 2 is 1.24 bits per heavy atom. The second-order valence-corrected chi connectivity index (χ2v) is 13.9. The standard InChI is InChI=1S/C38H48N6O14/c1-41(17-29(47)43(3)19-31(49)56-5)28(46)16-42(2)30(48)18-44(4)36(52)34-32(50)33(51)35(58-34)40-27(45)15-14-26(37(53)54)39-38(55)57-20-25-23-12-8-6-10-21(23)22-11-7-9-13-24(22)25/h6-13,25-26,32-35,50-51H,14-20H2,1-5H3,(H,39,55)(H,40,45)(H,53,54)/t26-,32-,33+,34-,35?/m0/s1. The molecule has 1 unspecified atom stereocenters. The van der Waals surface area contributed by atoms with Crippen molar-refractivity contribution in [1.29, 1.82) is 0 Å². The predicted molar refractivity (Wildman–Crippen MR) is 200 cm³/mol. The zero-order chi connectivity index (χ0) is 42.8. The van der Waals surface area contributed by atoms with Gasteiger partial charge in [-0.2, -0.15) is 0 Å². The van der Waals surface area contributed by atoms with Crippen LogP contribution < -0.4 is 10.6 Å². The molecule has 5 atom stereocenters. The fourth-order valence-electron chi connectivity index (χ4n) is 6.34. The summed E-state index contributed by atoms with van der Waals surface area (Å²) in [6.07, 6.45) is -8.81. The number of nitrogens with one attached hydrogen (secondary N) is 2. The van der Waals surface area contributed by atoms with Crippen LogP contribution in [0, 0.1) is 0 Å². The van der Waals surface area contributed by atoms with Gasteiger partial charge in [0.25, 0.3) is 5.91 Å². The van der Waals surface area contributed by atoms with Crippen molar-refractivity contribution in [2.45, 2.75) is 49.3 Å². The molecule has 0 saturated carbocycles. The van der Waals surface area contributed by atoms with Gasteiger partial charge >= 0.3 is 18.0 Å². The number of carboxylic acid groups (broad SMARTS) is 1. The van der Waals surface area contributed by atoms with Crippen molar-refractivity contribution in [3.8, 4) is 11.1 Å². The van der Waals surface area contributed by atoms with E-state index in [1.807, 2.05) is 48.5 Å². The van der Waals surface area contributed by atoms with E-state index < -0.39 is 104 Å². The number of aliphatic hydroxyl groups excluding tert-OH is 2. The Kier molecular flexibility index (Phi) is 15.3. The van der Waals surface area contributed by atoms with E-state index in [1.54, 1.807) is 0 Å². The number of aliphatic hydroxyl groups is 2. The summed E-state index contributed by atoms with van der Waals surface area (Å²) < 4.78 is 15.4. The monoisotopic (exact) mass is 812 g/mol. The number of methoxy groups -OCH3 is 1. The molecular weight excluding hydrogens is 764 g/mol. The normalized spacial score (nSPS) is 18.5. The Morgan fingerprint density at radius 1 is 0.741 bits per heavy atom. The lowest BCUT2D eigenvalue weighted by Crippen LogP contribution is -2.49. The minimum absolute atomic E-state index is 0.0632. The highest BCUT2D eigenvalue weighted by molar-refractivity contribution is 5.91. The summed E-state index contributed by atoms with van der Waals surface area (Å²) in [6, 6.07) is 13.8. The summed E-state index contributed by atoms with van der Waals surface area (Å²) in [4.78, 5) is 104. The van der Waals surface area contributed by atoms with Crippen LogP contribution >= 0.6 is 0 Å². The molecule has 0 bridgehead atoms. The van der Waals surface area contributed by atoms with Crippen LogP contribution in [0.25, 0.3) is 11.1 Å². The van der Waals surface area contributed by atoms with Gasteiger partial charge in [-0.3, -0.25) is 28.8 Å². The van der Waals surface area contributed by atoms with E-state index in [2.05, 4.69) is 15.4 Å². The molecule has 1 saturated heterocycles. The third-order valence-corrected chi connectivity index (χ3v) is 9.77. The van der Waals surface area contributed by atoms with Crippen LogP contribution in [0.5, 0.6) is 0 Å². The van der Waals surface area contributed by atoms with Gasteiger partial charge in [-0.15, -0.1) is 0 Å². The summed E-state index contributed by atoms with van der Waals surface area (Å²) in [5.41, 5.74) is 3.95. The highest BCUT2D eigenvalue weighted by atomic mass is 16.6. The summed E-state index contributed by atoms with van der Waals surface area (Å²) in [5.74, 6) is -6.00. The molecule has 58 heavy (non-hydrogen) atoms. The number of benzene rings is 2. The molecule has 0 radical (unpaired) electrons. The van der Waals surface area contributed by atoms with Crippen LogP contribution in [-0.2, 0) is 47.8 Å². The van der Waals surface area contributed by atoms with Gasteiger partial charge in [0.15, 0.2) is 12.3 Å². The van der Waals surface area contributed by atoms with Crippen molar-refractivity contribution < 1.29 is 67.9 Å². The minimum atomic E-state index is -1.83. The maximum absolute atomic E-state index is 13.1. The minimum Gasteiger partial charge on any atom is -0.480 e. The molecule has 4 rings (SSSR count). The number of aliphatic carboxylic acids is 1. The average Bonchev–Trinajstić information content (AvgIpc) is 3.66. The van der Waals surface area contributed by atoms with E-state index in [9.17, 15) is 53.7 Å². The number of nitrogens with zero attached hydrogens (tertiary/aromatic N) is 4. The molecule has 314 valence electrons. The fraction of sp³-hybridized carbons (Fsp3) is 0.474. The van der Waals surface area contributed by atoms with Crippen LogP contribution in [0.4, 0.5) is 4.79 Å². The number of carbonyl (C=O) groups excluding carboxylic acids is 7. The predicted octanol–water partition coefficient (Wildman–Crippen LogP) is -1.67. The smallest absolute Gasteiger partial charge is 0.407 e. The number of hydrogen-bond donors (Lipinski definition) is 5. The first-order valence-electron chi connectivity index (χ1n) is 18.1. The molecule has 1 fully saturated rings. The first kappa shape index (κ1) is 44.6. The van der Waals surface area contributed by atoms with Crippen molar-refractivity contribution >= 4 is 47.6 Å². The largest absolute Gasteiger partial charge is 0.480 e. The molecule has 20 nitrogen and oxygen atoms in total. The number of carbonyl (C=O) groups is 8. The van der Waals surface area contributed by atoms with E-state index >= 15 is 0 Å². The van der Waals surface area contributed by atoms with Gasteiger partial charge in [0, 0.05) is 40.5 Å². The summed E-state index contributed by atoms with van der Waals surface area (Å²) >= 11 is 0. The number of amides is 6. The van der Waals surface area contributed by atoms with Crippen molar-refractivity contribution in [2.24, 2.45) is 0 Å². The first-order chi connectivity index (χ1) is 27.4.